The Kier molecular flexibility index (Phi) is 2.73. The van der Waals surface area contributed by atoms with Crippen molar-refractivity contribution < 1.29 is 0 Å². The van der Waals surface area contributed by atoms with Crippen molar-refractivity contribution in [3.63, 3.8) is 0 Å². The lowest BCUT2D eigenvalue weighted by Crippen LogP contribution is -1.92. The largest absolute Gasteiger partial charge is 0.238 e. The van der Waals surface area contributed by atoms with E-state index in [-0.39, 0.29) is 0 Å². The van der Waals surface area contributed by atoms with E-state index in [9.17, 15) is 0 Å². The Morgan fingerprint density at radius 2 is 2.14 bits per heavy atom. The number of benzene rings is 1. The standard InChI is InChI=1S/C11H13ClN2/c1-2-3-8-11-13-9-6-4-5-7-10(9)14(11)12/h4-7H,2-3,8H2,1H3. The molecule has 2 aromatic rings. The number of hydrogen-bond donors (Lipinski definition) is 0. The lowest BCUT2D eigenvalue weighted by atomic mass is 10.2. The van der Waals surface area contributed by atoms with Gasteiger partial charge in [0, 0.05) is 18.2 Å². The van der Waals surface area contributed by atoms with Crippen molar-refractivity contribution in [3.05, 3.63) is 30.1 Å². The molecular formula is C11H13ClN2. The molecule has 0 spiro atoms. The Morgan fingerprint density at radius 3 is 2.86 bits per heavy atom. The second-order valence-corrected chi connectivity index (χ2v) is 3.74. The zero-order valence-electron chi connectivity index (χ0n) is 8.20. The first kappa shape index (κ1) is 9.53. The van der Waals surface area contributed by atoms with E-state index in [1.165, 1.54) is 6.42 Å². The van der Waals surface area contributed by atoms with Crippen LogP contribution in [-0.4, -0.2) is 9.07 Å². The highest BCUT2D eigenvalue weighted by molar-refractivity contribution is 6.19. The van der Waals surface area contributed by atoms with Crippen LogP contribution in [0.3, 0.4) is 0 Å². The van der Waals surface area contributed by atoms with Crippen molar-refractivity contribution in [1.82, 2.24) is 9.07 Å². The molecule has 0 N–H and O–H groups in total. The van der Waals surface area contributed by atoms with Gasteiger partial charge in [-0.3, -0.25) is 0 Å². The summed E-state index contributed by atoms with van der Waals surface area (Å²) in [6.07, 6.45) is 3.25. The molecule has 0 radical (unpaired) electrons. The number of imidazole rings is 1. The van der Waals surface area contributed by atoms with Gasteiger partial charge in [-0.15, -0.1) is 0 Å². The highest BCUT2D eigenvalue weighted by Gasteiger charge is 2.07. The van der Waals surface area contributed by atoms with Gasteiger partial charge in [0.2, 0.25) is 0 Å². The normalized spacial score (nSPS) is 11.0. The van der Waals surface area contributed by atoms with Crippen LogP contribution in [0.4, 0.5) is 0 Å². The van der Waals surface area contributed by atoms with E-state index in [2.05, 4.69) is 11.9 Å². The van der Waals surface area contributed by atoms with Crippen LogP contribution in [0.25, 0.3) is 11.0 Å². The minimum absolute atomic E-state index is 0.953. The summed E-state index contributed by atoms with van der Waals surface area (Å²) in [5.41, 5.74) is 1.98. The molecule has 74 valence electrons. The monoisotopic (exact) mass is 208 g/mol. The molecule has 1 aromatic heterocycles. The van der Waals surface area contributed by atoms with Gasteiger partial charge >= 0.3 is 0 Å². The number of rotatable bonds is 3. The maximum absolute atomic E-state index is 6.15. The van der Waals surface area contributed by atoms with Gasteiger partial charge in [0.1, 0.15) is 5.82 Å². The number of nitrogens with zero attached hydrogens (tertiary/aromatic N) is 2. The molecule has 1 heterocycles. The Balaban J connectivity index is 2.41. The number of unbranched alkanes of at least 4 members (excludes halogenated alkanes) is 1. The smallest absolute Gasteiger partial charge is 0.124 e. The molecule has 3 heteroatoms. The number of aromatic nitrogens is 2. The lowest BCUT2D eigenvalue weighted by Gasteiger charge is -1.97. The van der Waals surface area contributed by atoms with Crippen LogP contribution in [0, 0.1) is 0 Å². The summed E-state index contributed by atoms with van der Waals surface area (Å²) in [6.45, 7) is 2.17. The second kappa shape index (κ2) is 4.01. The first-order chi connectivity index (χ1) is 6.83. The van der Waals surface area contributed by atoms with Crippen LogP contribution < -0.4 is 0 Å². The van der Waals surface area contributed by atoms with Gasteiger partial charge in [-0.1, -0.05) is 25.5 Å². The molecule has 0 fully saturated rings. The Bertz CT molecular complexity index is 434. The fourth-order valence-corrected chi connectivity index (χ4v) is 1.80. The van der Waals surface area contributed by atoms with Crippen LogP contribution in [0.5, 0.6) is 0 Å². The van der Waals surface area contributed by atoms with Crippen molar-refractivity contribution in [2.45, 2.75) is 26.2 Å². The molecule has 14 heavy (non-hydrogen) atoms. The Morgan fingerprint density at radius 1 is 1.36 bits per heavy atom. The third-order valence-electron chi connectivity index (χ3n) is 2.32. The Labute approximate surface area is 88.6 Å². The summed E-state index contributed by atoms with van der Waals surface area (Å²) in [5.74, 6) is 0.967. The van der Waals surface area contributed by atoms with Gasteiger partial charge < -0.3 is 0 Å². The Hall–Kier alpha value is -1.02. The SMILES string of the molecule is CCCCc1nc2ccccc2n1Cl. The number of aryl methyl sites for hydroxylation is 1. The molecule has 0 aliphatic heterocycles. The molecule has 0 bridgehead atoms. The van der Waals surface area contributed by atoms with E-state index >= 15 is 0 Å². The third-order valence-corrected chi connectivity index (χ3v) is 2.70. The van der Waals surface area contributed by atoms with Gasteiger partial charge in [-0.05, 0) is 18.6 Å². The maximum Gasteiger partial charge on any atom is 0.124 e. The van der Waals surface area contributed by atoms with E-state index in [0.29, 0.717) is 0 Å². The summed E-state index contributed by atoms with van der Waals surface area (Å²) >= 11 is 6.15. The summed E-state index contributed by atoms with van der Waals surface area (Å²) in [7, 11) is 0. The van der Waals surface area contributed by atoms with Crippen molar-refractivity contribution in [1.29, 1.82) is 0 Å². The number of hydrogen-bond acceptors (Lipinski definition) is 1. The number of fused-ring (bicyclic) bond motifs is 1. The minimum atomic E-state index is 0.953. The van der Waals surface area contributed by atoms with Crippen molar-refractivity contribution >= 4 is 22.8 Å². The summed E-state index contributed by atoms with van der Waals surface area (Å²) < 4.78 is 1.67. The number of para-hydroxylation sites is 2. The van der Waals surface area contributed by atoms with E-state index in [1.807, 2.05) is 24.3 Å². The van der Waals surface area contributed by atoms with E-state index in [0.717, 1.165) is 29.7 Å². The predicted octanol–water partition coefficient (Wildman–Crippen LogP) is 3.38. The topological polar surface area (TPSA) is 17.8 Å². The summed E-state index contributed by atoms with van der Waals surface area (Å²) in [6, 6.07) is 7.94. The molecule has 0 aliphatic carbocycles. The molecular weight excluding hydrogens is 196 g/mol. The van der Waals surface area contributed by atoms with Crippen molar-refractivity contribution in [2.24, 2.45) is 0 Å². The van der Waals surface area contributed by atoms with Crippen LogP contribution >= 0.6 is 11.8 Å². The molecule has 0 saturated heterocycles. The average molecular weight is 209 g/mol. The zero-order chi connectivity index (χ0) is 9.97. The van der Waals surface area contributed by atoms with E-state index in [4.69, 9.17) is 11.8 Å². The van der Waals surface area contributed by atoms with Crippen molar-refractivity contribution in [2.75, 3.05) is 0 Å². The van der Waals surface area contributed by atoms with E-state index < -0.39 is 0 Å². The fraction of sp³-hybridized carbons (Fsp3) is 0.364. The first-order valence-corrected chi connectivity index (χ1v) is 5.29. The number of halogens is 1. The minimum Gasteiger partial charge on any atom is -0.238 e. The van der Waals surface area contributed by atoms with Crippen LogP contribution in [-0.2, 0) is 6.42 Å². The zero-order valence-corrected chi connectivity index (χ0v) is 8.96. The fourth-order valence-electron chi connectivity index (χ4n) is 1.54. The molecule has 0 atom stereocenters. The quantitative estimate of drug-likeness (QED) is 0.756. The molecule has 0 amide bonds. The third kappa shape index (κ3) is 1.62. The van der Waals surface area contributed by atoms with Gasteiger partial charge in [0.15, 0.2) is 0 Å². The van der Waals surface area contributed by atoms with Crippen LogP contribution in [0.2, 0.25) is 0 Å². The highest BCUT2D eigenvalue weighted by atomic mass is 35.5. The average Bonchev–Trinajstić information content (AvgIpc) is 2.54. The molecule has 1 aromatic carbocycles. The van der Waals surface area contributed by atoms with Gasteiger partial charge in [0.25, 0.3) is 0 Å². The lowest BCUT2D eigenvalue weighted by molar-refractivity contribution is 0.757. The molecule has 2 nitrogen and oxygen atoms in total. The summed E-state index contributed by atoms with van der Waals surface area (Å²) in [4.78, 5) is 4.48. The molecule has 0 saturated carbocycles. The molecule has 0 unspecified atom stereocenters. The summed E-state index contributed by atoms with van der Waals surface area (Å²) in [5, 5.41) is 0. The van der Waals surface area contributed by atoms with Crippen molar-refractivity contribution in [3.8, 4) is 0 Å². The van der Waals surface area contributed by atoms with Gasteiger partial charge in [0.05, 0.1) is 11.0 Å². The molecule has 2 rings (SSSR count). The maximum atomic E-state index is 6.15. The first-order valence-electron chi connectivity index (χ1n) is 4.95. The molecule has 0 aliphatic rings. The van der Waals surface area contributed by atoms with Gasteiger partial charge in [-0.2, -0.15) is 0 Å². The van der Waals surface area contributed by atoms with Gasteiger partial charge in [-0.25, -0.2) is 9.07 Å². The van der Waals surface area contributed by atoms with Crippen LogP contribution in [0.1, 0.15) is 25.6 Å². The van der Waals surface area contributed by atoms with E-state index in [1.54, 1.807) is 4.09 Å². The van der Waals surface area contributed by atoms with Crippen LogP contribution in [0.15, 0.2) is 24.3 Å². The highest BCUT2D eigenvalue weighted by Crippen LogP contribution is 2.18. The predicted molar refractivity (Wildman–Crippen MR) is 59.6 cm³/mol. The second-order valence-electron chi connectivity index (χ2n) is 3.40.